The summed E-state index contributed by atoms with van der Waals surface area (Å²) in [6, 6.07) is 0. The predicted molar refractivity (Wildman–Crippen MR) is 68.6 cm³/mol. The topological polar surface area (TPSA) is 45.8 Å². The fourth-order valence-corrected chi connectivity index (χ4v) is 3.03. The van der Waals surface area contributed by atoms with Gasteiger partial charge in [-0.2, -0.15) is 0 Å². The first kappa shape index (κ1) is 11.6. The van der Waals surface area contributed by atoms with Gasteiger partial charge in [-0.05, 0) is 25.8 Å². The molecule has 0 radical (unpaired) electrons. The van der Waals surface area contributed by atoms with Gasteiger partial charge in [0.25, 0.3) is 5.56 Å². The van der Waals surface area contributed by atoms with Gasteiger partial charge >= 0.3 is 0 Å². The quantitative estimate of drug-likeness (QED) is 0.839. The third kappa shape index (κ3) is 1.76. The highest BCUT2D eigenvalue weighted by Gasteiger charge is 2.14. The Hall–Kier alpha value is -0.870. The first-order valence-corrected chi connectivity index (χ1v) is 6.46. The van der Waals surface area contributed by atoms with Crippen LogP contribution in [0.3, 0.4) is 0 Å². The van der Waals surface area contributed by atoms with Crippen LogP contribution in [0.5, 0.6) is 0 Å². The summed E-state index contributed by atoms with van der Waals surface area (Å²) in [5, 5.41) is 0.454. The van der Waals surface area contributed by atoms with Crippen LogP contribution in [0.4, 0.5) is 0 Å². The number of aromatic amines is 1. The van der Waals surface area contributed by atoms with Gasteiger partial charge in [0, 0.05) is 4.88 Å². The molecule has 16 heavy (non-hydrogen) atoms. The van der Waals surface area contributed by atoms with E-state index < -0.39 is 0 Å². The van der Waals surface area contributed by atoms with Crippen molar-refractivity contribution in [2.75, 3.05) is 0 Å². The number of nitrogens with zero attached hydrogens (tertiary/aromatic N) is 1. The standard InChI is InChI=1S/C11H13ClN2OS/c1-4-7-6(3)16-11-8(7)10(15)13-9(14-11)5(2)12/h5H,4H2,1-3H3,(H,13,14,15). The van der Waals surface area contributed by atoms with Crippen LogP contribution in [-0.2, 0) is 6.42 Å². The molecule has 0 fully saturated rings. The van der Waals surface area contributed by atoms with Crippen LogP contribution in [0.25, 0.3) is 10.2 Å². The van der Waals surface area contributed by atoms with Crippen LogP contribution < -0.4 is 5.56 Å². The average molecular weight is 257 g/mol. The highest BCUT2D eigenvalue weighted by molar-refractivity contribution is 7.18. The molecular formula is C11H13ClN2OS. The van der Waals surface area contributed by atoms with Crippen molar-refractivity contribution in [3.63, 3.8) is 0 Å². The maximum Gasteiger partial charge on any atom is 0.259 e. The van der Waals surface area contributed by atoms with E-state index in [-0.39, 0.29) is 10.9 Å². The first-order chi connectivity index (χ1) is 7.54. The maximum absolute atomic E-state index is 11.9. The lowest BCUT2D eigenvalue weighted by Crippen LogP contribution is -2.12. The zero-order valence-corrected chi connectivity index (χ0v) is 11.0. The van der Waals surface area contributed by atoms with Crippen molar-refractivity contribution in [1.82, 2.24) is 9.97 Å². The number of H-pyrrole nitrogens is 1. The summed E-state index contributed by atoms with van der Waals surface area (Å²) >= 11 is 7.49. The van der Waals surface area contributed by atoms with Crippen molar-refractivity contribution in [3.8, 4) is 0 Å². The van der Waals surface area contributed by atoms with Gasteiger partial charge in [-0.1, -0.05) is 6.92 Å². The van der Waals surface area contributed by atoms with E-state index in [1.54, 1.807) is 18.3 Å². The molecule has 2 aromatic rings. The van der Waals surface area contributed by atoms with Crippen molar-refractivity contribution < 1.29 is 0 Å². The van der Waals surface area contributed by atoms with Crippen molar-refractivity contribution in [2.45, 2.75) is 32.6 Å². The molecule has 1 atom stereocenters. The summed E-state index contributed by atoms with van der Waals surface area (Å²) in [5.41, 5.74) is 1.02. The molecule has 2 aromatic heterocycles. The number of alkyl halides is 1. The molecule has 1 N–H and O–H groups in total. The zero-order valence-electron chi connectivity index (χ0n) is 9.43. The fourth-order valence-electron chi connectivity index (χ4n) is 1.81. The Bertz CT molecular complexity index is 585. The lowest BCUT2D eigenvalue weighted by Gasteiger charge is -2.01. The molecule has 0 aliphatic rings. The smallest absolute Gasteiger partial charge is 0.259 e. The molecule has 0 bridgehead atoms. The van der Waals surface area contributed by atoms with E-state index in [0.29, 0.717) is 5.82 Å². The Morgan fingerprint density at radius 3 is 2.81 bits per heavy atom. The van der Waals surface area contributed by atoms with Crippen molar-refractivity contribution >= 4 is 33.2 Å². The number of halogens is 1. The van der Waals surface area contributed by atoms with E-state index in [9.17, 15) is 4.79 Å². The van der Waals surface area contributed by atoms with E-state index in [2.05, 4.69) is 9.97 Å². The Morgan fingerprint density at radius 2 is 2.25 bits per heavy atom. The first-order valence-electron chi connectivity index (χ1n) is 5.20. The molecule has 0 aliphatic carbocycles. The van der Waals surface area contributed by atoms with Gasteiger partial charge in [0.15, 0.2) is 0 Å². The molecule has 0 saturated carbocycles. The molecule has 2 rings (SSSR count). The summed E-state index contributed by atoms with van der Waals surface area (Å²) < 4.78 is 0. The molecule has 5 heteroatoms. The van der Waals surface area contributed by atoms with Crippen LogP contribution in [-0.4, -0.2) is 9.97 Å². The number of aromatic nitrogens is 2. The minimum absolute atomic E-state index is 0.0753. The number of nitrogens with one attached hydrogen (secondary N) is 1. The van der Waals surface area contributed by atoms with E-state index >= 15 is 0 Å². The Balaban J connectivity index is 2.81. The Morgan fingerprint density at radius 1 is 1.56 bits per heavy atom. The van der Waals surface area contributed by atoms with Crippen LogP contribution in [0.1, 0.15) is 35.5 Å². The van der Waals surface area contributed by atoms with Crippen LogP contribution in [0.15, 0.2) is 4.79 Å². The average Bonchev–Trinajstić information content (AvgIpc) is 2.53. The molecule has 1 unspecified atom stereocenters. The van der Waals surface area contributed by atoms with E-state index in [0.717, 1.165) is 27.1 Å². The van der Waals surface area contributed by atoms with Gasteiger partial charge < -0.3 is 4.98 Å². The number of hydrogen-bond donors (Lipinski definition) is 1. The summed E-state index contributed by atoms with van der Waals surface area (Å²) in [4.78, 5) is 21.0. The molecule has 86 valence electrons. The second-order valence-corrected chi connectivity index (χ2v) is 5.60. The summed E-state index contributed by atoms with van der Waals surface area (Å²) in [6.45, 7) is 5.87. The Kier molecular flexibility index (Phi) is 3.04. The Labute approximate surface area is 102 Å². The van der Waals surface area contributed by atoms with Gasteiger partial charge in [-0.25, -0.2) is 4.98 Å². The SMILES string of the molecule is CCc1c(C)sc2nc(C(C)Cl)[nH]c(=O)c12. The normalized spacial score (nSPS) is 13.2. The number of hydrogen-bond acceptors (Lipinski definition) is 3. The monoisotopic (exact) mass is 256 g/mol. The second kappa shape index (κ2) is 4.18. The van der Waals surface area contributed by atoms with Crippen LogP contribution >= 0.6 is 22.9 Å². The molecule has 0 saturated heterocycles. The maximum atomic E-state index is 11.9. The third-order valence-electron chi connectivity index (χ3n) is 2.61. The number of fused-ring (bicyclic) bond motifs is 1. The molecule has 0 aliphatic heterocycles. The van der Waals surface area contributed by atoms with Gasteiger partial charge in [0.2, 0.25) is 0 Å². The van der Waals surface area contributed by atoms with Gasteiger partial charge in [-0.15, -0.1) is 22.9 Å². The number of thiophene rings is 1. The van der Waals surface area contributed by atoms with Crippen LogP contribution in [0, 0.1) is 6.92 Å². The van der Waals surface area contributed by atoms with Gasteiger partial charge in [0.1, 0.15) is 10.7 Å². The molecule has 0 aromatic carbocycles. The largest absolute Gasteiger partial charge is 0.309 e. The van der Waals surface area contributed by atoms with Crippen molar-refractivity contribution in [2.24, 2.45) is 0 Å². The van der Waals surface area contributed by atoms with Crippen molar-refractivity contribution in [3.05, 3.63) is 26.6 Å². The summed E-state index contributed by atoms with van der Waals surface area (Å²) in [6.07, 6.45) is 0.854. The lowest BCUT2D eigenvalue weighted by molar-refractivity contribution is 0.916. The van der Waals surface area contributed by atoms with E-state index in [1.165, 1.54) is 0 Å². The highest BCUT2D eigenvalue weighted by Crippen LogP contribution is 2.28. The fraction of sp³-hybridized carbons (Fsp3) is 0.455. The highest BCUT2D eigenvalue weighted by atomic mass is 35.5. The summed E-state index contributed by atoms with van der Waals surface area (Å²) in [5.74, 6) is 0.545. The predicted octanol–water partition coefficient (Wildman–Crippen LogP) is 3.16. The molecular weight excluding hydrogens is 244 g/mol. The number of rotatable bonds is 2. The number of aryl methyl sites for hydroxylation is 2. The second-order valence-electron chi connectivity index (χ2n) is 3.74. The molecule has 3 nitrogen and oxygen atoms in total. The van der Waals surface area contributed by atoms with Gasteiger partial charge in [-0.3, -0.25) is 4.79 Å². The van der Waals surface area contributed by atoms with E-state index in [4.69, 9.17) is 11.6 Å². The molecule has 0 spiro atoms. The third-order valence-corrected chi connectivity index (χ3v) is 3.86. The molecule has 2 heterocycles. The van der Waals surface area contributed by atoms with Crippen molar-refractivity contribution in [1.29, 1.82) is 0 Å². The minimum Gasteiger partial charge on any atom is -0.309 e. The molecule has 0 amide bonds. The van der Waals surface area contributed by atoms with Gasteiger partial charge in [0.05, 0.1) is 10.8 Å². The van der Waals surface area contributed by atoms with E-state index in [1.807, 2.05) is 13.8 Å². The minimum atomic E-state index is -0.274. The zero-order chi connectivity index (χ0) is 11.9. The summed E-state index contributed by atoms with van der Waals surface area (Å²) in [7, 11) is 0. The van der Waals surface area contributed by atoms with Crippen LogP contribution in [0.2, 0.25) is 0 Å². The lowest BCUT2D eigenvalue weighted by atomic mass is 10.1.